The van der Waals surface area contributed by atoms with Crippen molar-refractivity contribution in [1.29, 1.82) is 0 Å². The van der Waals surface area contributed by atoms with E-state index in [-0.39, 0.29) is 29.7 Å². The van der Waals surface area contributed by atoms with Crippen molar-refractivity contribution in [2.75, 3.05) is 25.0 Å². The molecule has 0 unspecified atom stereocenters. The number of likely N-dealkylation sites (tertiary alicyclic amines) is 1. The summed E-state index contributed by atoms with van der Waals surface area (Å²) in [5.41, 5.74) is 5.43. The Kier molecular flexibility index (Phi) is 5.55. The Bertz CT molecular complexity index is 854. The molecule has 1 aromatic carbocycles. The van der Waals surface area contributed by atoms with Gasteiger partial charge in [0, 0.05) is 25.2 Å². The van der Waals surface area contributed by atoms with Gasteiger partial charge in [-0.15, -0.1) is 0 Å². The Labute approximate surface area is 154 Å². The first-order chi connectivity index (χ1) is 12.9. The molecule has 1 fully saturated rings. The van der Waals surface area contributed by atoms with E-state index in [0.717, 1.165) is 38.1 Å². The van der Waals surface area contributed by atoms with Crippen molar-refractivity contribution in [3.63, 3.8) is 0 Å². The predicted molar refractivity (Wildman–Crippen MR) is 96.4 cm³/mol. The zero-order valence-corrected chi connectivity index (χ0v) is 14.5. The average molecular weight is 374 g/mol. The van der Waals surface area contributed by atoms with Gasteiger partial charge in [-0.05, 0) is 25.0 Å². The van der Waals surface area contributed by atoms with Crippen molar-refractivity contribution < 1.29 is 14.1 Å². The Balaban J connectivity index is 1.72. The van der Waals surface area contributed by atoms with Crippen molar-refractivity contribution in [3.8, 4) is 11.3 Å². The molecule has 1 aliphatic rings. The van der Waals surface area contributed by atoms with E-state index < -0.39 is 10.7 Å². The van der Waals surface area contributed by atoms with Crippen LogP contribution in [0.4, 0.5) is 15.9 Å². The zero-order valence-electron chi connectivity index (χ0n) is 14.5. The normalized spacial score (nSPS) is 15.4. The smallest absolute Gasteiger partial charge is 0.281 e. The summed E-state index contributed by atoms with van der Waals surface area (Å²) in [6.07, 6.45) is 2.93. The van der Waals surface area contributed by atoms with Gasteiger partial charge in [0.25, 0.3) is 5.69 Å². The Morgan fingerprint density at radius 2 is 2.07 bits per heavy atom. The molecule has 1 saturated heterocycles. The lowest BCUT2D eigenvalue weighted by atomic mass is 10.0. The molecular formula is C17H19FN6O3. The molecule has 0 spiro atoms. The third-order valence-corrected chi connectivity index (χ3v) is 4.42. The van der Waals surface area contributed by atoms with Crippen molar-refractivity contribution in [1.82, 2.24) is 14.9 Å². The third-order valence-electron chi connectivity index (χ3n) is 4.42. The van der Waals surface area contributed by atoms with Crippen molar-refractivity contribution in [2.45, 2.75) is 18.9 Å². The fourth-order valence-electron chi connectivity index (χ4n) is 3.12. The molecule has 142 valence electrons. The van der Waals surface area contributed by atoms with E-state index >= 15 is 0 Å². The maximum absolute atomic E-state index is 13.3. The second-order valence-electron chi connectivity index (χ2n) is 6.37. The molecule has 3 rings (SSSR count). The summed E-state index contributed by atoms with van der Waals surface area (Å²) in [6, 6.07) is 5.13. The first kappa shape index (κ1) is 18.6. The number of amides is 1. The summed E-state index contributed by atoms with van der Waals surface area (Å²) in [6.45, 7) is 1.72. The minimum atomic E-state index is -0.680. The van der Waals surface area contributed by atoms with Gasteiger partial charge in [0.05, 0.1) is 28.8 Å². The Hall–Kier alpha value is -3.14. The maximum atomic E-state index is 13.3. The van der Waals surface area contributed by atoms with Gasteiger partial charge in [-0.1, -0.05) is 0 Å². The van der Waals surface area contributed by atoms with Crippen LogP contribution in [0.15, 0.2) is 30.6 Å². The minimum Gasteiger partial charge on any atom is -0.369 e. The van der Waals surface area contributed by atoms with Gasteiger partial charge in [-0.3, -0.25) is 19.8 Å². The minimum absolute atomic E-state index is 0.153. The summed E-state index contributed by atoms with van der Waals surface area (Å²) >= 11 is 0. The summed E-state index contributed by atoms with van der Waals surface area (Å²) in [5.74, 6) is -0.490. The van der Waals surface area contributed by atoms with E-state index in [1.165, 1.54) is 12.4 Å². The molecular weight excluding hydrogens is 355 g/mol. The number of benzene rings is 1. The molecule has 1 amide bonds. The molecule has 1 aromatic heterocycles. The Morgan fingerprint density at radius 3 is 2.74 bits per heavy atom. The molecule has 27 heavy (non-hydrogen) atoms. The summed E-state index contributed by atoms with van der Waals surface area (Å²) in [5, 5.41) is 14.5. The Morgan fingerprint density at radius 1 is 1.33 bits per heavy atom. The largest absolute Gasteiger partial charge is 0.369 e. The van der Waals surface area contributed by atoms with Crippen molar-refractivity contribution in [3.05, 3.63) is 46.5 Å². The number of piperidine rings is 1. The molecule has 3 N–H and O–H groups in total. The molecule has 0 atom stereocenters. The molecule has 0 aliphatic carbocycles. The highest BCUT2D eigenvalue weighted by atomic mass is 19.1. The third kappa shape index (κ3) is 4.73. The molecule has 2 heterocycles. The highest BCUT2D eigenvalue weighted by molar-refractivity contribution is 5.76. The fourth-order valence-corrected chi connectivity index (χ4v) is 3.12. The van der Waals surface area contributed by atoms with Crippen molar-refractivity contribution in [2.24, 2.45) is 5.73 Å². The second-order valence-corrected chi connectivity index (χ2v) is 6.37. The molecule has 0 saturated carbocycles. The number of carbonyl (C=O) groups is 1. The lowest BCUT2D eigenvalue weighted by Gasteiger charge is -2.31. The first-order valence-corrected chi connectivity index (χ1v) is 8.46. The number of nitrogens with zero attached hydrogens (tertiary/aromatic N) is 4. The van der Waals surface area contributed by atoms with Crippen LogP contribution in [-0.4, -0.2) is 51.4 Å². The second kappa shape index (κ2) is 8.04. The lowest BCUT2D eigenvalue weighted by molar-refractivity contribution is -0.384. The lowest BCUT2D eigenvalue weighted by Crippen LogP contribution is -2.43. The standard InChI is InChI=1S/C17H19FN6O3/c18-11-1-2-13(15(7-11)24(26)27)14-8-17(21-10-20-14)22-12-3-5-23(6-4-12)9-16(19)25/h1-2,7-8,10,12H,3-6,9H2,(H2,19,25)(H,20,21,22). The first-order valence-electron chi connectivity index (χ1n) is 8.46. The van der Waals surface area contributed by atoms with Crippen LogP contribution in [0, 0.1) is 15.9 Å². The van der Waals surface area contributed by atoms with Gasteiger partial charge in [-0.2, -0.15) is 0 Å². The van der Waals surface area contributed by atoms with E-state index in [1.54, 1.807) is 6.07 Å². The molecule has 2 aromatic rings. The van der Waals surface area contributed by atoms with Crippen LogP contribution in [0.2, 0.25) is 0 Å². The quantitative estimate of drug-likeness (QED) is 0.580. The van der Waals surface area contributed by atoms with E-state index in [4.69, 9.17) is 5.73 Å². The number of nitrogens with one attached hydrogen (secondary N) is 1. The van der Waals surface area contributed by atoms with Crippen LogP contribution in [-0.2, 0) is 4.79 Å². The number of halogens is 1. The SMILES string of the molecule is NC(=O)CN1CCC(Nc2cc(-c3ccc(F)cc3[N+](=O)[O-])ncn2)CC1. The summed E-state index contributed by atoms with van der Waals surface area (Å²) in [7, 11) is 0. The van der Waals surface area contributed by atoms with Gasteiger partial charge in [0.1, 0.15) is 18.0 Å². The fraction of sp³-hybridized carbons (Fsp3) is 0.353. The number of anilines is 1. The number of nitro groups is 1. The number of primary amides is 1. The van der Waals surface area contributed by atoms with Gasteiger partial charge in [-0.25, -0.2) is 14.4 Å². The number of rotatable bonds is 6. The number of hydrogen-bond donors (Lipinski definition) is 2. The van der Waals surface area contributed by atoms with E-state index in [9.17, 15) is 19.3 Å². The van der Waals surface area contributed by atoms with Crippen LogP contribution < -0.4 is 11.1 Å². The van der Waals surface area contributed by atoms with Crippen LogP contribution >= 0.6 is 0 Å². The molecule has 1 aliphatic heterocycles. The molecule has 9 nitrogen and oxygen atoms in total. The monoisotopic (exact) mass is 374 g/mol. The predicted octanol–water partition coefficient (Wildman–Crippen LogP) is 1.55. The van der Waals surface area contributed by atoms with Crippen LogP contribution in [0.3, 0.4) is 0 Å². The number of aromatic nitrogens is 2. The van der Waals surface area contributed by atoms with E-state index in [0.29, 0.717) is 11.5 Å². The summed E-state index contributed by atoms with van der Waals surface area (Å²) in [4.78, 5) is 31.8. The van der Waals surface area contributed by atoms with E-state index in [2.05, 4.69) is 15.3 Å². The van der Waals surface area contributed by atoms with Gasteiger partial charge < -0.3 is 11.1 Å². The van der Waals surface area contributed by atoms with Crippen LogP contribution in [0.25, 0.3) is 11.3 Å². The van der Waals surface area contributed by atoms with Gasteiger partial charge in [0.2, 0.25) is 5.91 Å². The van der Waals surface area contributed by atoms with Crippen LogP contribution in [0.1, 0.15) is 12.8 Å². The van der Waals surface area contributed by atoms with Crippen molar-refractivity contribution >= 4 is 17.4 Å². The topological polar surface area (TPSA) is 127 Å². The number of carbonyl (C=O) groups excluding carboxylic acids is 1. The van der Waals surface area contributed by atoms with Gasteiger partial charge >= 0.3 is 0 Å². The molecule has 0 bridgehead atoms. The van der Waals surface area contributed by atoms with E-state index in [1.807, 2.05) is 4.90 Å². The highest BCUT2D eigenvalue weighted by Crippen LogP contribution is 2.30. The number of nitro benzene ring substituents is 1. The van der Waals surface area contributed by atoms with Gasteiger partial charge in [0.15, 0.2) is 0 Å². The number of hydrogen-bond acceptors (Lipinski definition) is 7. The molecule has 10 heteroatoms. The zero-order chi connectivity index (χ0) is 19.4. The number of nitrogens with two attached hydrogens (primary N) is 1. The molecule has 0 radical (unpaired) electrons. The average Bonchev–Trinajstić information content (AvgIpc) is 2.63. The summed E-state index contributed by atoms with van der Waals surface area (Å²) < 4.78 is 13.3. The maximum Gasteiger partial charge on any atom is 0.281 e. The van der Waals surface area contributed by atoms with Crippen LogP contribution in [0.5, 0.6) is 0 Å². The highest BCUT2D eigenvalue weighted by Gasteiger charge is 2.21.